The minimum Gasteiger partial charge on any atom is -0.497 e. The van der Waals surface area contributed by atoms with Crippen LogP contribution in [0.4, 0.5) is 4.39 Å². The maximum atomic E-state index is 13.6. The molecule has 0 atom stereocenters. The van der Waals surface area contributed by atoms with Gasteiger partial charge < -0.3 is 9.64 Å². The van der Waals surface area contributed by atoms with Crippen molar-refractivity contribution in [1.29, 1.82) is 0 Å². The first-order chi connectivity index (χ1) is 14.0. The van der Waals surface area contributed by atoms with E-state index < -0.39 is 0 Å². The summed E-state index contributed by atoms with van der Waals surface area (Å²) in [7, 11) is 3.49. The standard InChI is InChI=1S/C23H24FN3O2/c1-26-22(18-4-3-5-19(24)14-18)15-21(25-26)16-10-12-27(13-11-16)23(28)17-6-8-20(29-2)9-7-17/h3-9,14-16H,10-13H2,1-2H3. The fraction of sp³-hybridized carbons (Fsp3) is 0.304. The number of nitrogens with zero attached hydrogens (tertiary/aromatic N) is 3. The predicted octanol–water partition coefficient (Wildman–Crippen LogP) is 4.25. The number of amides is 1. The molecule has 6 heteroatoms. The Labute approximate surface area is 169 Å². The number of methoxy groups -OCH3 is 1. The molecule has 0 bridgehead atoms. The maximum Gasteiger partial charge on any atom is 0.253 e. The Kier molecular flexibility index (Phi) is 5.34. The van der Waals surface area contributed by atoms with Crippen molar-refractivity contribution in [1.82, 2.24) is 14.7 Å². The van der Waals surface area contributed by atoms with E-state index in [4.69, 9.17) is 4.74 Å². The zero-order valence-electron chi connectivity index (χ0n) is 16.6. The van der Waals surface area contributed by atoms with E-state index in [0.29, 0.717) is 24.6 Å². The number of aryl methyl sites for hydroxylation is 1. The van der Waals surface area contributed by atoms with E-state index in [9.17, 15) is 9.18 Å². The number of hydrogen-bond acceptors (Lipinski definition) is 3. The van der Waals surface area contributed by atoms with Gasteiger partial charge in [-0.05, 0) is 55.3 Å². The lowest BCUT2D eigenvalue weighted by molar-refractivity contribution is 0.0712. The lowest BCUT2D eigenvalue weighted by Gasteiger charge is -2.31. The molecular formula is C23H24FN3O2. The highest BCUT2D eigenvalue weighted by atomic mass is 19.1. The average molecular weight is 393 g/mol. The van der Waals surface area contributed by atoms with Crippen molar-refractivity contribution >= 4 is 5.91 Å². The van der Waals surface area contributed by atoms with Crippen molar-refractivity contribution in [3.05, 3.63) is 71.7 Å². The Morgan fingerprint density at radius 1 is 1.10 bits per heavy atom. The van der Waals surface area contributed by atoms with Crippen LogP contribution in [0.1, 0.15) is 34.8 Å². The molecule has 0 radical (unpaired) electrons. The first kappa shape index (κ1) is 19.2. The van der Waals surface area contributed by atoms with Gasteiger partial charge in [0.25, 0.3) is 5.91 Å². The monoisotopic (exact) mass is 393 g/mol. The number of ether oxygens (including phenoxy) is 1. The molecule has 1 aliphatic heterocycles. The molecule has 0 saturated carbocycles. The van der Waals surface area contributed by atoms with Gasteiger partial charge in [0.15, 0.2) is 0 Å². The molecule has 1 amide bonds. The van der Waals surface area contributed by atoms with Gasteiger partial charge in [0, 0.05) is 37.2 Å². The molecule has 1 aromatic heterocycles. The number of rotatable bonds is 4. The van der Waals surface area contributed by atoms with Gasteiger partial charge in [-0.2, -0.15) is 5.10 Å². The van der Waals surface area contributed by atoms with E-state index in [1.807, 2.05) is 36.2 Å². The second kappa shape index (κ2) is 8.07. The van der Waals surface area contributed by atoms with Gasteiger partial charge in [0.05, 0.1) is 18.5 Å². The molecule has 1 saturated heterocycles. The van der Waals surface area contributed by atoms with Crippen LogP contribution in [0.25, 0.3) is 11.3 Å². The number of carbonyl (C=O) groups is 1. The van der Waals surface area contributed by atoms with Crippen molar-refractivity contribution in [3.8, 4) is 17.0 Å². The number of carbonyl (C=O) groups excluding carboxylic acids is 1. The molecule has 5 nitrogen and oxygen atoms in total. The van der Waals surface area contributed by atoms with Crippen molar-refractivity contribution < 1.29 is 13.9 Å². The van der Waals surface area contributed by atoms with Crippen LogP contribution in [-0.2, 0) is 7.05 Å². The molecule has 29 heavy (non-hydrogen) atoms. The molecule has 3 aromatic rings. The normalized spacial score (nSPS) is 14.8. The maximum absolute atomic E-state index is 13.6. The zero-order chi connectivity index (χ0) is 20.4. The lowest BCUT2D eigenvalue weighted by atomic mass is 9.92. The van der Waals surface area contributed by atoms with Gasteiger partial charge in [-0.25, -0.2) is 4.39 Å². The topological polar surface area (TPSA) is 47.4 Å². The third-order valence-electron chi connectivity index (χ3n) is 5.56. The SMILES string of the molecule is COc1ccc(C(=O)N2CCC(c3cc(-c4cccc(F)c4)n(C)n3)CC2)cc1. The highest BCUT2D eigenvalue weighted by Crippen LogP contribution is 2.31. The van der Waals surface area contributed by atoms with Crippen LogP contribution in [0.15, 0.2) is 54.6 Å². The van der Waals surface area contributed by atoms with Crippen LogP contribution in [-0.4, -0.2) is 40.8 Å². The minimum atomic E-state index is -0.254. The van der Waals surface area contributed by atoms with Crippen molar-refractivity contribution in [2.75, 3.05) is 20.2 Å². The van der Waals surface area contributed by atoms with Gasteiger partial charge in [-0.1, -0.05) is 12.1 Å². The van der Waals surface area contributed by atoms with Gasteiger partial charge in [-0.3, -0.25) is 9.48 Å². The number of halogens is 1. The van der Waals surface area contributed by atoms with Crippen LogP contribution in [0, 0.1) is 5.82 Å². The molecular weight excluding hydrogens is 369 g/mol. The highest BCUT2D eigenvalue weighted by Gasteiger charge is 2.26. The quantitative estimate of drug-likeness (QED) is 0.666. The van der Waals surface area contributed by atoms with Crippen LogP contribution < -0.4 is 4.74 Å². The van der Waals surface area contributed by atoms with Crippen LogP contribution in [0.5, 0.6) is 5.75 Å². The van der Waals surface area contributed by atoms with Crippen LogP contribution >= 0.6 is 0 Å². The van der Waals surface area contributed by atoms with E-state index in [0.717, 1.165) is 35.5 Å². The van der Waals surface area contributed by atoms with E-state index >= 15 is 0 Å². The van der Waals surface area contributed by atoms with Crippen LogP contribution in [0.2, 0.25) is 0 Å². The Bertz CT molecular complexity index is 1010. The molecule has 0 unspecified atom stereocenters. The molecule has 0 aliphatic carbocycles. The Hall–Kier alpha value is -3.15. The van der Waals surface area contributed by atoms with Gasteiger partial charge in [-0.15, -0.1) is 0 Å². The summed E-state index contributed by atoms with van der Waals surface area (Å²) in [6.45, 7) is 1.39. The molecule has 2 heterocycles. The number of aromatic nitrogens is 2. The number of piperidine rings is 1. The number of benzene rings is 2. The van der Waals surface area contributed by atoms with E-state index in [-0.39, 0.29) is 11.7 Å². The second-order valence-corrected chi connectivity index (χ2v) is 7.38. The fourth-order valence-corrected chi connectivity index (χ4v) is 3.90. The first-order valence-corrected chi connectivity index (χ1v) is 9.78. The van der Waals surface area contributed by atoms with Gasteiger partial charge >= 0.3 is 0 Å². The van der Waals surface area contributed by atoms with Crippen molar-refractivity contribution in [3.63, 3.8) is 0 Å². The summed E-state index contributed by atoms with van der Waals surface area (Å²) in [6, 6.07) is 15.8. The highest BCUT2D eigenvalue weighted by molar-refractivity contribution is 5.94. The second-order valence-electron chi connectivity index (χ2n) is 7.38. The summed E-state index contributed by atoms with van der Waals surface area (Å²) in [6.07, 6.45) is 1.73. The molecule has 0 spiro atoms. The van der Waals surface area contributed by atoms with Crippen molar-refractivity contribution in [2.24, 2.45) is 7.05 Å². The van der Waals surface area contributed by atoms with Gasteiger partial charge in [0.1, 0.15) is 11.6 Å². The smallest absolute Gasteiger partial charge is 0.253 e. The summed E-state index contributed by atoms with van der Waals surface area (Å²) in [5, 5.41) is 4.66. The zero-order valence-corrected chi connectivity index (χ0v) is 16.6. The minimum absolute atomic E-state index is 0.0487. The number of hydrogen-bond donors (Lipinski definition) is 0. The first-order valence-electron chi connectivity index (χ1n) is 9.78. The Morgan fingerprint density at radius 2 is 1.83 bits per heavy atom. The Morgan fingerprint density at radius 3 is 2.48 bits per heavy atom. The predicted molar refractivity (Wildman–Crippen MR) is 109 cm³/mol. The average Bonchev–Trinajstić information content (AvgIpc) is 3.15. The third kappa shape index (κ3) is 4.01. The molecule has 4 rings (SSSR count). The fourth-order valence-electron chi connectivity index (χ4n) is 3.90. The summed E-state index contributed by atoms with van der Waals surface area (Å²) in [5.41, 5.74) is 3.40. The lowest BCUT2D eigenvalue weighted by Crippen LogP contribution is -2.38. The van der Waals surface area contributed by atoms with E-state index in [2.05, 4.69) is 5.10 Å². The summed E-state index contributed by atoms with van der Waals surface area (Å²) < 4.78 is 20.5. The molecule has 150 valence electrons. The van der Waals surface area contributed by atoms with Crippen LogP contribution in [0.3, 0.4) is 0 Å². The third-order valence-corrected chi connectivity index (χ3v) is 5.56. The molecule has 2 aromatic carbocycles. The molecule has 1 fully saturated rings. The molecule has 1 aliphatic rings. The van der Waals surface area contributed by atoms with E-state index in [1.54, 1.807) is 30.0 Å². The summed E-state index contributed by atoms with van der Waals surface area (Å²) in [4.78, 5) is 14.6. The van der Waals surface area contributed by atoms with Crippen molar-refractivity contribution in [2.45, 2.75) is 18.8 Å². The van der Waals surface area contributed by atoms with E-state index in [1.165, 1.54) is 12.1 Å². The number of likely N-dealkylation sites (tertiary alicyclic amines) is 1. The largest absolute Gasteiger partial charge is 0.497 e. The summed E-state index contributed by atoms with van der Waals surface area (Å²) >= 11 is 0. The Balaban J connectivity index is 1.43. The summed E-state index contributed by atoms with van der Waals surface area (Å²) in [5.74, 6) is 0.830. The molecule has 0 N–H and O–H groups in total. The van der Waals surface area contributed by atoms with Gasteiger partial charge in [0.2, 0.25) is 0 Å².